The normalized spacial score (nSPS) is 16.0. The molecule has 10 heteroatoms. The highest BCUT2D eigenvalue weighted by Crippen LogP contribution is 2.37. The van der Waals surface area contributed by atoms with E-state index in [2.05, 4.69) is 25.7 Å². The van der Waals surface area contributed by atoms with Crippen LogP contribution in [0.2, 0.25) is 0 Å². The number of tetrazole rings is 1. The minimum absolute atomic E-state index is 0. The summed E-state index contributed by atoms with van der Waals surface area (Å²) in [4.78, 5) is 4.45. The van der Waals surface area contributed by atoms with Crippen LogP contribution in [0.4, 0.5) is 4.39 Å². The lowest BCUT2D eigenvalue weighted by molar-refractivity contribution is 0.229. The standard InChI is InChI=1S/C16H16FN7O.ClH/c1-10-20-22-23-24(10)13(9-11-3-5-12(17)6-4-11)14-19-15(21-25-14)16(18)7-2-8-16;/h3-6,9H,2,7-8,18H2,1H3;1H/b13-9+;. The van der Waals surface area contributed by atoms with Crippen molar-refractivity contribution in [2.24, 2.45) is 5.73 Å². The minimum Gasteiger partial charge on any atom is -0.332 e. The number of aryl methyl sites for hydroxylation is 1. The van der Waals surface area contributed by atoms with Crippen molar-refractivity contribution in [2.75, 3.05) is 0 Å². The van der Waals surface area contributed by atoms with Gasteiger partial charge in [0.1, 0.15) is 11.5 Å². The third-order valence-electron chi connectivity index (χ3n) is 4.36. The van der Waals surface area contributed by atoms with Crippen LogP contribution in [0, 0.1) is 12.7 Å². The van der Waals surface area contributed by atoms with E-state index in [4.69, 9.17) is 10.3 Å². The zero-order chi connectivity index (χ0) is 17.4. The Hall–Kier alpha value is -2.65. The lowest BCUT2D eigenvalue weighted by Gasteiger charge is -2.34. The number of hydrogen-bond donors (Lipinski definition) is 1. The fourth-order valence-electron chi connectivity index (χ4n) is 2.70. The van der Waals surface area contributed by atoms with Crippen molar-refractivity contribution < 1.29 is 8.91 Å². The van der Waals surface area contributed by atoms with E-state index in [1.165, 1.54) is 16.8 Å². The third kappa shape index (κ3) is 3.23. The third-order valence-corrected chi connectivity index (χ3v) is 4.36. The number of nitrogens with zero attached hydrogens (tertiary/aromatic N) is 6. The molecule has 0 bridgehead atoms. The van der Waals surface area contributed by atoms with Crippen molar-refractivity contribution in [3.63, 3.8) is 0 Å². The Kier molecular flexibility index (Phi) is 4.84. The van der Waals surface area contributed by atoms with Gasteiger partial charge in [-0.25, -0.2) is 4.39 Å². The molecular formula is C16H17ClFN7O. The second-order valence-corrected chi connectivity index (χ2v) is 6.15. The quantitative estimate of drug-likeness (QED) is 0.743. The lowest BCUT2D eigenvalue weighted by atomic mass is 9.77. The predicted molar refractivity (Wildman–Crippen MR) is 93.5 cm³/mol. The summed E-state index contributed by atoms with van der Waals surface area (Å²) in [5.74, 6) is 0.975. The number of nitrogens with two attached hydrogens (primary N) is 1. The van der Waals surface area contributed by atoms with E-state index >= 15 is 0 Å². The van der Waals surface area contributed by atoms with Gasteiger partial charge >= 0.3 is 0 Å². The first-order chi connectivity index (χ1) is 12.0. The van der Waals surface area contributed by atoms with E-state index in [0.717, 1.165) is 24.8 Å². The van der Waals surface area contributed by atoms with Gasteiger partial charge in [0.15, 0.2) is 11.6 Å². The molecule has 0 radical (unpaired) electrons. The van der Waals surface area contributed by atoms with E-state index < -0.39 is 5.54 Å². The maximum atomic E-state index is 13.2. The van der Waals surface area contributed by atoms with Gasteiger partial charge in [0, 0.05) is 0 Å². The topological polar surface area (TPSA) is 109 Å². The van der Waals surface area contributed by atoms with Crippen LogP contribution in [-0.2, 0) is 5.54 Å². The van der Waals surface area contributed by atoms with Gasteiger partial charge in [-0.15, -0.1) is 17.5 Å². The highest BCUT2D eigenvalue weighted by molar-refractivity contribution is 5.85. The number of hydrogen-bond acceptors (Lipinski definition) is 7. The van der Waals surface area contributed by atoms with Gasteiger partial charge in [0.05, 0.1) is 5.54 Å². The van der Waals surface area contributed by atoms with Gasteiger partial charge < -0.3 is 10.3 Å². The van der Waals surface area contributed by atoms with Gasteiger partial charge in [-0.2, -0.15) is 9.67 Å². The molecule has 1 aliphatic rings. The zero-order valence-corrected chi connectivity index (χ0v) is 14.8. The Balaban J connectivity index is 0.00000196. The fourth-order valence-corrected chi connectivity index (χ4v) is 2.70. The van der Waals surface area contributed by atoms with Crippen molar-refractivity contribution in [1.29, 1.82) is 0 Å². The maximum Gasteiger partial charge on any atom is 0.276 e. The summed E-state index contributed by atoms with van der Waals surface area (Å²) in [5, 5.41) is 15.5. The molecule has 0 spiro atoms. The monoisotopic (exact) mass is 377 g/mol. The van der Waals surface area contributed by atoms with Crippen molar-refractivity contribution in [2.45, 2.75) is 31.7 Å². The molecule has 0 amide bonds. The van der Waals surface area contributed by atoms with E-state index in [1.54, 1.807) is 25.1 Å². The Labute approximate surface area is 154 Å². The van der Waals surface area contributed by atoms with Crippen molar-refractivity contribution >= 4 is 24.2 Å². The summed E-state index contributed by atoms with van der Waals surface area (Å²) in [6.45, 7) is 1.76. The van der Waals surface area contributed by atoms with Crippen LogP contribution in [0.5, 0.6) is 0 Å². The Bertz CT molecular complexity index is 930. The molecule has 4 rings (SSSR count). The van der Waals surface area contributed by atoms with E-state index in [-0.39, 0.29) is 24.1 Å². The molecule has 136 valence electrons. The molecule has 0 saturated heterocycles. The number of halogens is 2. The fraction of sp³-hybridized carbons (Fsp3) is 0.312. The average Bonchev–Trinajstić information content (AvgIpc) is 3.22. The van der Waals surface area contributed by atoms with Crippen molar-refractivity contribution in [3.8, 4) is 0 Å². The smallest absolute Gasteiger partial charge is 0.276 e. The van der Waals surface area contributed by atoms with Crippen LogP contribution in [0.3, 0.4) is 0 Å². The highest BCUT2D eigenvalue weighted by atomic mass is 35.5. The van der Waals surface area contributed by atoms with Crippen molar-refractivity contribution in [3.05, 3.63) is 53.2 Å². The Morgan fingerprint density at radius 2 is 2.04 bits per heavy atom. The summed E-state index contributed by atoms with van der Waals surface area (Å²) < 4.78 is 20.1. The van der Waals surface area contributed by atoms with Crippen molar-refractivity contribution in [1.82, 2.24) is 30.3 Å². The SMILES string of the molecule is Cc1nnnn1/C(=C/c1ccc(F)cc1)c1nc(C2(N)CCC2)no1.Cl. The van der Waals surface area contributed by atoms with Crippen LogP contribution in [0.1, 0.15) is 42.4 Å². The van der Waals surface area contributed by atoms with Crippen LogP contribution < -0.4 is 5.73 Å². The molecule has 26 heavy (non-hydrogen) atoms. The molecule has 2 heterocycles. The molecule has 8 nitrogen and oxygen atoms in total. The molecule has 0 aliphatic heterocycles. The van der Waals surface area contributed by atoms with E-state index in [0.29, 0.717) is 17.3 Å². The zero-order valence-electron chi connectivity index (χ0n) is 14.0. The van der Waals surface area contributed by atoms with Gasteiger partial charge in [-0.3, -0.25) is 0 Å². The molecule has 0 atom stereocenters. The number of benzene rings is 1. The first-order valence-electron chi connectivity index (χ1n) is 7.91. The second-order valence-electron chi connectivity index (χ2n) is 6.15. The molecule has 1 fully saturated rings. The Morgan fingerprint density at radius 1 is 1.31 bits per heavy atom. The van der Waals surface area contributed by atoms with E-state index in [9.17, 15) is 4.39 Å². The highest BCUT2D eigenvalue weighted by Gasteiger charge is 2.39. The molecule has 1 saturated carbocycles. The summed E-state index contributed by atoms with van der Waals surface area (Å²) in [6, 6.07) is 6.03. The summed E-state index contributed by atoms with van der Waals surface area (Å²) >= 11 is 0. The second kappa shape index (κ2) is 6.93. The maximum absolute atomic E-state index is 13.2. The first-order valence-corrected chi connectivity index (χ1v) is 7.91. The minimum atomic E-state index is -0.529. The largest absolute Gasteiger partial charge is 0.332 e. The number of aromatic nitrogens is 6. The molecule has 0 unspecified atom stereocenters. The molecular weight excluding hydrogens is 361 g/mol. The molecule has 1 aromatic carbocycles. The first kappa shape index (κ1) is 18.2. The summed E-state index contributed by atoms with van der Waals surface area (Å²) in [7, 11) is 0. The van der Waals surface area contributed by atoms with E-state index in [1.807, 2.05) is 0 Å². The van der Waals surface area contributed by atoms with Crippen LogP contribution in [0.15, 0.2) is 28.8 Å². The molecule has 3 aromatic rings. The Morgan fingerprint density at radius 3 is 2.62 bits per heavy atom. The summed E-state index contributed by atoms with van der Waals surface area (Å²) in [6.07, 6.45) is 4.45. The molecule has 2 aromatic heterocycles. The van der Waals surface area contributed by atoms with Gasteiger partial charge in [0.25, 0.3) is 5.89 Å². The predicted octanol–water partition coefficient (Wildman–Crippen LogP) is 2.31. The number of rotatable bonds is 4. The molecule has 1 aliphatic carbocycles. The van der Waals surface area contributed by atoms with Gasteiger partial charge in [-0.05, 0) is 60.4 Å². The summed E-state index contributed by atoms with van der Waals surface area (Å²) in [5.41, 5.74) is 6.98. The van der Waals surface area contributed by atoms with Gasteiger partial charge in [-0.1, -0.05) is 17.3 Å². The molecule has 2 N–H and O–H groups in total. The van der Waals surface area contributed by atoms with Crippen LogP contribution >= 0.6 is 12.4 Å². The van der Waals surface area contributed by atoms with Crippen LogP contribution in [-0.4, -0.2) is 30.3 Å². The lowest BCUT2D eigenvalue weighted by Crippen LogP contribution is -2.44. The van der Waals surface area contributed by atoms with Gasteiger partial charge in [0.2, 0.25) is 0 Å². The average molecular weight is 378 g/mol. The van der Waals surface area contributed by atoms with Crippen LogP contribution in [0.25, 0.3) is 11.8 Å².